The highest BCUT2D eigenvalue weighted by Crippen LogP contribution is 2.29. The molecule has 30 heavy (non-hydrogen) atoms. The fourth-order valence-electron chi connectivity index (χ4n) is 3.04. The molecule has 0 atom stereocenters. The molecular weight excluding hydrogens is 388 g/mol. The predicted molar refractivity (Wildman–Crippen MR) is 114 cm³/mol. The molecule has 0 fully saturated rings. The predicted octanol–water partition coefficient (Wildman–Crippen LogP) is 2.68. The van der Waals surface area contributed by atoms with E-state index in [0.29, 0.717) is 46.9 Å². The fourth-order valence-corrected chi connectivity index (χ4v) is 3.04. The number of ether oxygens (including phenoxy) is 4. The number of carbonyl (C=O) groups excluding carboxylic acids is 1. The van der Waals surface area contributed by atoms with E-state index in [1.807, 2.05) is 0 Å². The Morgan fingerprint density at radius 1 is 0.967 bits per heavy atom. The molecule has 0 spiro atoms. The first kappa shape index (κ1) is 21.2. The van der Waals surface area contributed by atoms with E-state index in [2.05, 4.69) is 5.32 Å². The van der Waals surface area contributed by atoms with E-state index in [-0.39, 0.29) is 18.1 Å². The summed E-state index contributed by atoms with van der Waals surface area (Å²) >= 11 is 0. The standard InChI is InChI=1S/C22H24N2O6/c1-27-12-11-24-10-9-16-17(22(24)26)5-4-6-18(16)30-14-21(25)23-15-7-8-19(28-2)20(13-15)29-3/h4-10,13H,11-12,14H2,1-3H3,(H,23,25). The summed E-state index contributed by atoms with van der Waals surface area (Å²) in [4.78, 5) is 25.0. The summed E-state index contributed by atoms with van der Waals surface area (Å²) in [7, 11) is 4.65. The Hall–Kier alpha value is -3.52. The summed E-state index contributed by atoms with van der Waals surface area (Å²) in [5.74, 6) is 1.20. The van der Waals surface area contributed by atoms with Crippen molar-refractivity contribution >= 4 is 22.4 Å². The molecule has 2 aromatic carbocycles. The number of rotatable bonds is 9. The van der Waals surface area contributed by atoms with E-state index >= 15 is 0 Å². The van der Waals surface area contributed by atoms with Crippen LogP contribution in [-0.4, -0.2) is 45.0 Å². The van der Waals surface area contributed by atoms with Gasteiger partial charge in [-0.1, -0.05) is 6.07 Å². The van der Waals surface area contributed by atoms with Crippen molar-refractivity contribution < 1.29 is 23.7 Å². The molecule has 1 N–H and O–H groups in total. The number of amides is 1. The van der Waals surface area contributed by atoms with Crippen LogP contribution in [0.15, 0.2) is 53.5 Å². The Balaban J connectivity index is 1.71. The Labute approximate surface area is 173 Å². The molecule has 158 valence electrons. The molecule has 3 aromatic rings. The summed E-state index contributed by atoms with van der Waals surface area (Å²) in [6, 6.07) is 12.1. The van der Waals surface area contributed by atoms with Crippen molar-refractivity contribution in [3.8, 4) is 17.2 Å². The molecule has 1 aromatic heterocycles. The van der Waals surface area contributed by atoms with Crippen molar-refractivity contribution in [1.29, 1.82) is 0 Å². The molecule has 3 rings (SSSR count). The average Bonchev–Trinajstić information content (AvgIpc) is 2.77. The molecule has 8 nitrogen and oxygen atoms in total. The number of hydrogen-bond acceptors (Lipinski definition) is 6. The topological polar surface area (TPSA) is 88.0 Å². The highest BCUT2D eigenvalue weighted by molar-refractivity contribution is 5.93. The zero-order valence-electron chi connectivity index (χ0n) is 17.1. The van der Waals surface area contributed by atoms with Gasteiger partial charge in [0.2, 0.25) is 0 Å². The van der Waals surface area contributed by atoms with Gasteiger partial charge in [0.1, 0.15) is 5.75 Å². The number of hydrogen-bond donors (Lipinski definition) is 1. The van der Waals surface area contributed by atoms with Crippen LogP contribution in [-0.2, 0) is 16.1 Å². The molecule has 0 bridgehead atoms. The molecule has 0 aliphatic heterocycles. The Bertz CT molecular complexity index is 1090. The lowest BCUT2D eigenvalue weighted by Gasteiger charge is -2.12. The van der Waals surface area contributed by atoms with Gasteiger partial charge in [-0.15, -0.1) is 0 Å². The second-order valence-electron chi connectivity index (χ2n) is 6.43. The first-order valence-corrected chi connectivity index (χ1v) is 9.33. The number of aromatic nitrogens is 1. The van der Waals surface area contributed by atoms with Gasteiger partial charge < -0.3 is 28.8 Å². The summed E-state index contributed by atoms with van der Waals surface area (Å²) in [5, 5.41) is 3.92. The number of fused-ring (bicyclic) bond motifs is 1. The SMILES string of the molecule is COCCn1ccc2c(OCC(=O)Nc3ccc(OC)c(OC)c3)cccc2c1=O. The van der Waals surface area contributed by atoms with Gasteiger partial charge in [0.25, 0.3) is 11.5 Å². The van der Waals surface area contributed by atoms with Crippen molar-refractivity contribution in [2.75, 3.05) is 39.9 Å². The van der Waals surface area contributed by atoms with Crippen molar-refractivity contribution in [3.05, 3.63) is 59.0 Å². The monoisotopic (exact) mass is 412 g/mol. The largest absolute Gasteiger partial charge is 0.493 e. The summed E-state index contributed by atoms with van der Waals surface area (Å²) < 4.78 is 22.7. The van der Waals surface area contributed by atoms with Gasteiger partial charge in [-0.25, -0.2) is 0 Å². The van der Waals surface area contributed by atoms with Crippen molar-refractivity contribution in [3.63, 3.8) is 0 Å². The van der Waals surface area contributed by atoms with Crippen LogP contribution in [0, 0.1) is 0 Å². The maximum Gasteiger partial charge on any atom is 0.262 e. The van der Waals surface area contributed by atoms with Crippen molar-refractivity contribution in [2.45, 2.75) is 6.54 Å². The lowest BCUT2D eigenvalue weighted by Crippen LogP contribution is -2.22. The average molecular weight is 412 g/mol. The van der Waals surface area contributed by atoms with Crippen LogP contribution in [0.25, 0.3) is 10.8 Å². The summed E-state index contributed by atoms with van der Waals surface area (Å²) in [5.41, 5.74) is 0.421. The van der Waals surface area contributed by atoms with Crippen LogP contribution < -0.4 is 25.1 Å². The number of nitrogens with one attached hydrogen (secondary N) is 1. The number of benzene rings is 2. The minimum absolute atomic E-state index is 0.134. The molecular formula is C22H24N2O6. The summed E-state index contributed by atoms with van der Waals surface area (Å²) in [6.07, 6.45) is 1.69. The molecule has 1 heterocycles. The molecule has 0 unspecified atom stereocenters. The van der Waals surface area contributed by atoms with Crippen LogP contribution >= 0.6 is 0 Å². The molecule has 8 heteroatoms. The van der Waals surface area contributed by atoms with Crippen LogP contribution in [0.2, 0.25) is 0 Å². The Morgan fingerprint density at radius 2 is 1.77 bits per heavy atom. The van der Waals surface area contributed by atoms with Gasteiger partial charge in [-0.05, 0) is 30.3 Å². The third-order valence-electron chi connectivity index (χ3n) is 4.54. The molecule has 0 aliphatic carbocycles. The van der Waals surface area contributed by atoms with Gasteiger partial charge in [-0.3, -0.25) is 9.59 Å². The van der Waals surface area contributed by atoms with Gasteiger partial charge >= 0.3 is 0 Å². The summed E-state index contributed by atoms with van der Waals surface area (Å²) in [6.45, 7) is 0.697. The Morgan fingerprint density at radius 3 is 2.50 bits per heavy atom. The second-order valence-corrected chi connectivity index (χ2v) is 6.43. The van der Waals surface area contributed by atoms with Gasteiger partial charge in [-0.2, -0.15) is 0 Å². The first-order valence-electron chi connectivity index (χ1n) is 9.33. The van der Waals surface area contributed by atoms with Gasteiger partial charge in [0.15, 0.2) is 18.1 Å². The normalized spacial score (nSPS) is 10.6. The number of anilines is 1. The number of nitrogens with zero attached hydrogens (tertiary/aromatic N) is 1. The fraction of sp³-hybridized carbons (Fsp3) is 0.273. The maximum atomic E-state index is 12.6. The molecule has 1 amide bonds. The van der Waals surface area contributed by atoms with Crippen LogP contribution in [0.3, 0.4) is 0 Å². The minimum Gasteiger partial charge on any atom is -0.493 e. The van der Waals surface area contributed by atoms with Crippen molar-refractivity contribution in [2.24, 2.45) is 0 Å². The van der Waals surface area contributed by atoms with Crippen LogP contribution in [0.5, 0.6) is 17.2 Å². The van der Waals surface area contributed by atoms with E-state index < -0.39 is 0 Å². The Kier molecular flexibility index (Phi) is 6.92. The number of methoxy groups -OCH3 is 3. The lowest BCUT2D eigenvalue weighted by atomic mass is 10.1. The van der Waals surface area contributed by atoms with E-state index in [1.54, 1.807) is 67.4 Å². The minimum atomic E-state index is -0.340. The third kappa shape index (κ3) is 4.72. The second kappa shape index (κ2) is 9.80. The lowest BCUT2D eigenvalue weighted by molar-refractivity contribution is -0.118. The van der Waals surface area contributed by atoms with Crippen LogP contribution in [0.1, 0.15) is 0 Å². The van der Waals surface area contributed by atoms with Gasteiger partial charge in [0.05, 0.1) is 26.2 Å². The molecule has 0 saturated carbocycles. The number of pyridine rings is 1. The highest BCUT2D eigenvalue weighted by atomic mass is 16.5. The quantitative estimate of drug-likeness (QED) is 0.581. The first-order chi connectivity index (χ1) is 14.6. The van der Waals surface area contributed by atoms with E-state index in [4.69, 9.17) is 18.9 Å². The molecule has 0 radical (unpaired) electrons. The van der Waals surface area contributed by atoms with E-state index in [1.165, 1.54) is 7.11 Å². The maximum absolute atomic E-state index is 12.6. The zero-order valence-corrected chi connectivity index (χ0v) is 17.1. The zero-order chi connectivity index (χ0) is 21.5. The highest BCUT2D eigenvalue weighted by Gasteiger charge is 2.11. The smallest absolute Gasteiger partial charge is 0.262 e. The molecule has 0 aliphatic rings. The third-order valence-corrected chi connectivity index (χ3v) is 4.54. The van der Waals surface area contributed by atoms with E-state index in [0.717, 1.165) is 0 Å². The number of carbonyl (C=O) groups is 1. The van der Waals surface area contributed by atoms with Gasteiger partial charge in [0, 0.05) is 37.0 Å². The van der Waals surface area contributed by atoms with Crippen molar-refractivity contribution in [1.82, 2.24) is 4.57 Å². The van der Waals surface area contributed by atoms with E-state index in [9.17, 15) is 9.59 Å². The van der Waals surface area contributed by atoms with Crippen LogP contribution in [0.4, 0.5) is 5.69 Å². The molecule has 0 saturated heterocycles.